The van der Waals surface area contributed by atoms with Gasteiger partial charge in [0.25, 0.3) is 0 Å². The summed E-state index contributed by atoms with van der Waals surface area (Å²) in [5.74, 6) is 0.569. The van der Waals surface area contributed by atoms with E-state index in [-0.39, 0.29) is 6.42 Å². The number of anilines is 1. The number of benzene rings is 4. The van der Waals surface area contributed by atoms with Gasteiger partial charge < -0.3 is 13.8 Å². The summed E-state index contributed by atoms with van der Waals surface area (Å²) in [5, 5.41) is 9.89. The molecule has 5 nitrogen and oxygen atoms in total. The molecule has 206 valence electrons. The molecule has 0 aliphatic carbocycles. The van der Waals surface area contributed by atoms with E-state index in [9.17, 15) is 9.90 Å². The highest BCUT2D eigenvalue weighted by atomic mass is 32.2. The monoisotopic (exact) mass is 560 g/mol. The van der Waals surface area contributed by atoms with E-state index in [2.05, 4.69) is 73.8 Å². The molecule has 1 aliphatic rings. The van der Waals surface area contributed by atoms with E-state index < -0.39 is 5.97 Å². The Hall–Kier alpha value is -4.29. The maximum absolute atomic E-state index is 12.0. The lowest BCUT2D eigenvalue weighted by molar-refractivity contribution is -0.136. The van der Waals surface area contributed by atoms with Crippen LogP contribution in [0.1, 0.15) is 33.5 Å². The lowest BCUT2D eigenvalue weighted by atomic mass is 9.80. The highest BCUT2D eigenvalue weighted by molar-refractivity contribution is 7.99. The predicted molar refractivity (Wildman–Crippen MR) is 168 cm³/mol. The van der Waals surface area contributed by atoms with Crippen molar-refractivity contribution < 1.29 is 14.3 Å². The summed E-state index contributed by atoms with van der Waals surface area (Å²) >= 11 is 1.66. The van der Waals surface area contributed by atoms with Crippen molar-refractivity contribution in [3.63, 3.8) is 0 Å². The summed E-state index contributed by atoms with van der Waals surface area (Å²) in [6.07, 6.45) is 2.05. The van der Waals surface area contributed by atoms with Gasteiger partial charge in [-0.05, 0) is 84.8 Å². The van der Waals surface area contributed by atoms with E-state index in [0.29, 0.717) is 12.4 Å². The Labute approximate surface area is 245 Å². The highest BCUT2D eigenvalue weighted by Gasteiger charge is 2.31. The molecule has 0 bridgehead atoms. The van der Waals surface area contributed by atoms with Gasteiger partial charge in [0.05, 0.1) is 24.3 Å². The highest BCUT2D eigenvalue weighted by Crippen LogP contribution is 2.51. The number of rotatable bonds is 6. The first-order valence-corrected chi connectivity index (χ1v) is 14.9. The molecular formula is C35H32N2O3S. The van der Waals surface area contributed by atoms with Crippen molar-refractivity contribution >= 4 is 23.6 Å². The number of aromatic nitrogens is 1. The molecule has 0 saturated heterocycles. The van der Waals surface area contributed by atoms with Crippen LogP contribution in [0.4, 0.5) is 5.69 Å². The summed E-state index contributed by atoms with van der Waals surface area (Å²) < 4.78 is 8.59. The standard InChI is InChI=1S/C35H32N2O3S/c1-20-11-13-24(14-12-20)31-22(3)32-28-16-15-26(34-23(4)36-35(40-34)25-9-7-6-8-10-25)17-27(28)19-37(41-5)33(32)21(2)29(31)18-30(38)39/h6-17H,18-19H2,1-5H3,(H,38,39). The quantitative estimate of drug-likeness (QED) is 0.209. The van der Waals surface area contributed by atoms with Gasteiger partial charge >= 0.3 is 5.97 Å². The zero-order chi connectivity index (χ0) is 28.8. The van der Waals surface area contributed by atoms with Crippen LogP contribution in [0.15, 0.2) is 77.2 Å². The van der Waals surface area contributed by atoms with Gasteiger partial charge in [0.15, 0.2) is 5.76 Å². The molecule has 0 saturated carbocycles. The second kappa shape index (κ2) is 10.6. The van der Waals surface area contributed by atoms with Gasteiger partial charge in [0.1, 0.15) is 0 Å². The molecular weight excluding hydrogens is 528 g/mol. The molecule has 0 unspecified atom stereocenters. The van der Waals surface area contributed by atoms with Gasteiger partial charge in [0, 0.05) is 22.9 Å². The van der Waals surface area contributed by atoms with Crippen LogP contribution in [0.2, 0.25) is 0 Å². The van der Waals surface area contributed by atoms with Crippen molar-refractivity contribution in [2.75, 3.05) is 10.6 Å². The number of carboxylic acids is 1. The molecule has 1 aromatic heterocycles. The fourth-order valence-corrected chi connectivity index (χ4v) is 6.72. The van der Waals surface area contributed by atoms with Crippen molar-refractivity contribution in [2.45, 2.75) is 40.7 Å². The van der Waals surface area contributed by atoms with Gasteiger partial charge in [0.2, 0.25) is 5.89 Å². The van der Waals surface area contributed by atoms with Crippen LogP contribution in [0.3, 0.4) is 0 Å². The summed E-state index contributed by atoms with van der Waals surface area (Å²) in [6.45, 7) is 8.95. The molecule has 1 N–H and O–H groups in total. The van der Waals surface area contributed by atoms with Crippen LogP contribution in [0.25, 0.3) is 45.0 Å². The normalized spacial score (nSPS) is 12.3. The van der Waals surface area contributed by atoms with Crippen LogP contribution in [0, 0.1) is 27.7 Å². The average Bonchev–Trinajstić information content (AvgIpc) is 3.37. The van der Waals surface area contributed by atoms with E-state index in [0.717, 1.165) is 61.6 Å². The third kappa shape index (κ3) is 4.72. The fraction of sp³-hybridized carbons (Fsp3) is 0.200. The van der Waals surface area contributed by atoms with Crippen molar-refractivity contribution in [2.24, 2.45) is 0 Å². The molecule has 5 aromatic rings. The van der Waals surface area contributed by atoms with E-state index in [1.807, 2.05) is 37.3 Å². The molecule has 0 atom stereocenters. The maximum Gasteiger partial charge on any atom is 0.307 e. The van der Waals surface area contributed by atoms with Gasteiger partial charge in [-0.15, -0.1) is 0 Å². The summed E-state index contributed by atoms with van der Waals surface area (Å²) in [7, 11) is 0. The molecule has 41 heavy (non-hydrogen) atoms. The van der Waals surface area contributed by atoms with Crippen molar-refractivity contribution in [1.82, 2.24) is 4.98 Å². The van der Waals surface area contributed by atoms with Gasteiger partial charge in [-0.25, -0.2) is 4.98 Å². The summed E-state index contributed by atoms with van der Waals surface area (Å²) in [5.41, 5.74) is 13.7. The number of oxazole rings is 1. The van der Waals surface area contributed by atoms with E-state index in [1.54, 1.807) is 11.9 Å². The number of carbonyl (C=O) groups is 1. The first-order chi connectivity index (χ1) is 19.8. The number of aryl methyl sites for hydroxylation is 2. The van der Waals surface area contributed by atoms with Crippen LogP contribution in [0.5, 0.6) is 0 Å². The van der Waals surface area contributed by atoms with E-state index in [1.165, 1.54) is 16.7 Å². The maximum atomic E-state index is 12.0. The minimum Gasteiger partial charge on any atom is -0.481 e. The Morgan fingerprint density at radius 1 is 0.902 bits per heavy atom. The minimum atomic E-state index is -0.824. The molecule has 0 amide bonds. The Bertz CT molecular complexity index is 1790. The number of aliphatic carboxylic acids is 1. The van der Waals surface area contributed by atoms with Crippen molar-refractivity contribution in [3.8, 4) is 45.0 Å². The van der Waals surface area contributed by atoms with E-state index in [4.69, 9.17) is 9.40 Å². The second-order valence-corrected chi connectivity index (χ2v) is 11.5. The molecule has 6 heteroatoms. The minimum absolute atomic E-state index is 0.0221. The predicted octanol–water partition coefficient (Wildman–Crippen LogP) is 8.80. The number of carboxylic acid groups (broad SMARTS) is 1. The molecule has 0 spiro atoms. The Morgan fingerprint density at radius 3 is 2.29 bits per heavy atom. The molecule has 6 rings (SSSR count). The molecule has 0 fully saturated rings. The molecule has 2 heterocycles. The van der Waals surface area contributed by atoms with Crippen LogP contribution >= 0.6 is 11.9 Å². The lowest BCUT2D eigenvalue weighted by Crippen LogP contribution is -2.22. The van der Waals surface area contributed by atoms with Crippen LogP contribution < -0.4 is 4.31 Å². The Balaban J connectivity index is 1.54. The summed E-state index contributed by atoms with van der Waals surface area (Å²) in [4.78, 5) is 16.8. The third-order valence-corrected chi connectivity index (χ3v) is 8.75. The summed E-state index contributed by atoms with van der Waals surface area (Å²) in [6, 6.07) is 24.9. The molecule has 0 radical (unpaired) electrons. The number of hydrogen-bond acceptors (Lipinski definition) is 5. The van der Waals surface area contributed by atoms with Crippen LogP contribution in [-0.4, -0.2) is 22.3 Å². The Kier molecular flexibility index (Phi) is 6.96. The molecule has 4 aromatic carbocycles. The second-order valence-electron chi connectivity index (χ2n) is 10.7. The Morgan fingerprint density at radius 2 is 1.61 bits per heavy atom. The SMILES string of the molecule is CSN1Cc2cc(-c3oc(-c4ccccc4)nc3C)ccc2-c2c(C)c(-c3ccc(C)cc3)c(CC(=O)O)c(C)c21. The third-order valence-electron chi connectivity index (χ3n) is 8.00. The lowest BCUT2D eigenvalue weighted by Gasteiger charge is -2.36. The largest absolute Gasteiger partial charge is 0.481 e. The number of hydrogen-bond donors (Lipinski definition) is 1. The first-order valence-electron chi connectivity index (χ1n) is 13.7. The van der Waals surface area contributed by atoms with Crippen molar-refractivity contribution in [1.29, 1.82) is 0 Å². The molecule has 1 aliphatic heterocycles. The van der Waals surface area contributed by atoms with Gasteiger partial charge in [-0.1, -0.05) is 72.1 Å². The van der Waals surface area contributed by atoms with Crippen molar-refractivity contribution in [3.05, 3.63) is 106 Å². The number of fused-ring (bicyclic) bond motifs is 3. The number of nitrogens with zero attached hydrogens (tertiary/aromatic N) is 2. The van der Waals surface area contributed by atoms with E-state index >= 15 is 0 Å². The first kappa shape index (κ1) is 26.9. The zero-order valence-corrected chi connectivity index (χ0v) is 24.7. The smallest absolute Gasteiger partial charge is 0.307 e. The topological polar surface area (TPSA) is 66.6 Å². The fourth-order valence-electron chi connectivity index (χ4n) is 6.04. The van der Waals surface area contributed by atoms with Crippen LogP contribution in [-0.2, 0) is 17.8 Å². The zero-order valence-electron chi connectivity index (χ0n) is 23.9. The van der Waals surface area contributed by atoms with Gasteiger partial charge in [-0.3, -0.25) is 4.79 Å². The van der Waals surface area contributed by atoms with Gasteiger partial charge in [-0.2, -0.15) is 0 Å². The average molecular weight is 561 g/mol.